The largest absolute Gasteiger partial charge is 0.480 e. The van der Waals surface area contributed by atoms with Crippen LogP contribution in [0.5, 0.6) is 0 Å². The van der Waals surface area contributed by atoms with Gasteiger partial charge in [0.15, 0.2) is 4.80 Å². The number of thiazole rings is 1. The number of rotatable bonds is 8. The van der Waals surface area contributed by atoms with Gasteiger partial charge in [-0.2, -0.15) is 4.99 Å². The van der Waals surface area contributed by atoms with Gasteiger partial charge in [-0.05, 0) is 36.8 Å². The lowest BCUT2D eigenvalue weighted by molar-refractivity contribution is -0.141. The van der Waals surface area contributed by atoms with Crippen LogP contribution >= 0.6 is 22.9 Å². The molecule has 1 heterocycles. The van der Waals surface area contributed by atoms with Crippen molar-refractivity contribution < 1.29 is 14.7 Å². The van der Waals surface area contributed by atoms with E-state index < -0.39 is 17.9 Å². The minimum Gasteiger partial charge on any atom is -0.480 e. The molecule has 0 aliphatic carbocycles. The Kier molecular flexibility index (Phi) is 7.23. The Labute approximate surface area is 178 Å². The number of unbranched alkanes of at least 4 members (excludes halogenated alkanes) is 3. The van der Waals surface area contributed by atoms with Crippen molar-refractivity contribution in [3.8, 4) is 0 Å². The average Bonchev–Trinajstić information content (AvgIpc) is 3.05. The fourth-order valence-corrected chi connectivity index (χ4v) is 4.53. The highest BCUT2D eigenvalue weighted by Gasteiger charge is 2.23. The smallest absolute Gasteiger partial charge is 0.326 e. The van der Waals surface area contributed by atoms with E-state index in [-0.39, 0.29) is 0 Å². The van der Waals surface area contributed by atoms with Crippen LogP contribution < -0.4 is 4.80 Å². The van der Waals surface area contributed by atoms with Crippen LogP contribution in [0.3, 0.4) is 0 Å². The van der Waals surface area contributed by atoms with E-state index in [1.807, 2.05) is 24.3 Å². The van der Waals surface area contributed by atoms with Crippen LogP contribution in [-0.2, 0) is 4.79 Å². The first-order valence-corrected chi connectivity index (χ1v) is 10.9. The first-order valence-electron chi connectivity index (χ1n) is 9.68. The van der Waals surface area contributed by atoms with Crippen LogP contribution in [0.25, 0.3) is 10.2 Å². The molecular formula is C22H23ClN2O3S. The third-order valence-electron chi connectivity index (χ3n) is 4.73. The first-order chi connectivity index (χ1) is 14.0. The van der Waals surface area contributed by atoms with Crippen molar-refractivity contribution in [2.24, 2.45) is 4.99 Å². The van der Waals surface area contributed by atoms with Gasteiger partial charge in [-0.25, -0.2) is 4.79 Å². The number of hydrogen-bond acceptors (Lipinski definition) is 3. The number of carboxylic acids is 1. The van der Waals surface area contributed by atoms with Crippen LogP contribution in [0.2, 0.25) is 5.02 Å². The molecule has 0 fully saturated rings. The Morgan fingerprint density at radius 1 is 1.14 bits per heavy atom. The highest BCUT2D eigenvalue weighted by atomic mass is 35.5. The van der Waals surface area contributed by atoms with E-state index in [0.717, 1.165) is 35.9 Å². The predicted molar refractivity (Wildman–Crippen MR) is 117 cm³/mol. The molecule has 0 aliphatic rings. The van der Waals surface area contributed by atoms with Gasteiger partial charge in [-0.3, -0.25) is 4.79 Å². The minimum atomic E-state index is -0.915. The van der Waals surface area contributed by atoms with E-state index >= 15 is 0 Å². The summed E-state index contributed by atoms with van der Waals surface area (Å²) in [5.41, 5.74) is 1.15. The number of aliphatic carboxylic acids is 1. The van der Waals surface area contributed by atoms with Crippen molar-refractivity contribution in [2.75, 3.05) is 0 Å². The number of para-hydroxylation sites is 1. The summed E-state index contributed by atoms with van der Waals surface area (Å²) in [5, 5.41) is 10.4. The molecule has 1 atom stereocenters. The summed E-state index contributed by atoms with van der Waals surface area (Å²) in [6.07, 6.45) is 4.45. The molecule has 0 bridgehead atoms. The molecule has 3 aromatic rings. The van der Waals surface area contributed by atoms with E-state index in [9.17, 15) is 14.7 Å². The fourth-order valence-electron chi connectivity index (χ4n) is 3.27. The highest BCUT2D eigenvalue weighted by Crippen LogP contribution is 2.24. The van der Waals surface area contributed by atoms with Gasteiger partial charge in [0.05, 0.1) is 10.2 Å². The van der Waals surface area contributed by atoms with Crippen molar-refractivity contribution >= 4 is 45.0 Å². The Morgan fingerprint density at radius 2 is 1.93 bits per heavy atom. The number of carboxylic acid groups (broad SMARTS) is 1. The second kappa shape index (κ2) is 9.85. The summed E-state index contributed by atoms with van der Waals surface area (Å²) < 4.78 is 2.58. The third kappa shape index (κ3) is 5.14. The molecule has 29 heavy (non-hydrogen) atoms. The van der Waals surface area contributed by atoms with Crippen molar-refractivity contribution in [1.82, 2.24) is 4.57 Å². The number of carbonyl (C=O) groups excluding carboxylic acids is 1. The van der Waals surface area contributed by atoms with Crippen molar-refractivity contribution in [3.05, 3.63) is 63.9 Å². The summed E-state index contributed by atoms with van der Waals surface area (Å²) in [7, 11) is 0. The maximum atomic E-state index is 12.7. The van der Waals surface area contributed by atoms with Gasteiger partial charge in [0.2, 0.25) is 0 Å². The Morgan fingerprint density at radius 3 is 2.66 bits per heavy atom. The molecule has 0 radical (unpaired) electrons. The Balaban J connectivity index is 2.07. The van der Waals surface area contributed by atoms with Gasteiger partial charge in [0.25, 0.3) is 5.91 Å². The zero-order chi connectivity index (χ0) is 20.8. The number of amides is 1. The monoisotopic (exact) mass is 430 g/mol. The van der Waals surface area contributed by atoms with Crippen LogP contribution in [-0.4, -0.2) is 21.6 Å². The van der Waals surface area contributed by atoms with Gasteiger partial charge in [-0.15, -0.1) is 0 Å². The summed E-state index contributed by atoms with van der Waals surface area (Å²) >= 11 is 7.31. The van der Waals surface area contributed by atoms with Gasteiger partial charge in [-0.1, -0.05) is 73.7 Å². The van der Waals surface area contributed by atoms with Crippen LogP contribution in [0.1, 0.15) is 55.4 Å². The van der Waals surface area contributed by atoms with Gasteiger partial charge in [0, 0.05) is 10.6 Å². The van der Waals surface area contributed by atoms with Crippen molar-refractivity contribution in [2.45, 2.75) is 45.1 Å². The molecular weight excluding hydrogens is 408 g/mol. The molecule has 2 aromatic carbocycles. The molecule has 1 aromatic heterocycles. The quantitative estimate of drug-likeness (QED) is 0.466. The molecule has 0 saturated carbocycles. The number of aromatic nitrogens is 1. The summed E-state index contributed by atoms with van der Waals surface area (Å²) in [5.74, 6) is -1.36. The van der Waals surface area contributed by atoms with E-state index in [1.165, 1.54) is 11.3 Å². The summed E-state index contributed by atoms with van der Waals surface area (Å²) in [6.45, 7) is 2.12. The first kappa shape index (κ1) is 21.3. The number of carbonyl (C=O) groups is 2. The maximum absolute atomic E-state index is 12.7. The summed E-state index contributed by atoms with van der Waals surface area (Å²) in [4.78, 5) is 29.5. The molecule has 3 rings (SSSR count). The maximum Gasteiger partial charge on any atom is 0.326 e. The normalized spacial score (nSPS) is 13.0. The van der Waals surface area contributed by atoms with E-state index in [4.69, 9.17) is 11.6 Å². The molecule has 152 valence electrons. The van der Waals surface area contributed by atoms with E-state index in [0.29, 0.717) is 21.8 Å². The van der Waals surface area contributed by atoms with Gasteiger partial charge >= 0.3 is 5.97 Å². The molecule has 1 unspecified atom stereocenters. The Hall–Kier alpha value is -2.44. The van der Waals surface area contributed by atoms with Gasteiger partial charge < -0.3 is 9.67 Å². The van der Waals surface area contributed by atoms with E-state index in [1.54, 1.807) is 28.8 Å². The molecule has 7 heteroatoms. The third-order valence-corrected chi connectivity index (χ3v) is 6.00. The zero-order valence-corrected chi connectivity index (χ0v) is 17.7. The number of benzene rings is 2. The zero-order valence-electron chi connectivity index (χ0n) is 16.2. The Bertz CT molecular complexity index is 1090. The second-order valence-electron chi connectivity index (χ2n) is 6.85. The fraction of sp³-hybridized carbons (Fsp3) is 0.318. The summed E-state index contributed by atoms with van der Waals surface area (Å²) in [6, 6.07) is 13.4. The SMILES string of the molecule is CCCCCCC(C(=O)O)n1c(=NC(=O)c2cccc(Cl)c2)sc2ccccc21. The second-order valence-corrected chi connectivity index (χ2v) is 8.30. The van der Waals surface area contributed by atoms with Crippen LogP contribution in [0, 0.1) is 0 Å². The molecule has 1 amide bonds. The molecule has 0 aliphatic heterocycles. The number of nitrogens with zero attached hydrogens (tertiary/aromatic N) is 2. The van der Waals surface area contributed by atoms with Crippen LogP contribution in [0.15, 0.2) is 53.5 Å². The molecule has 1 N–H and O–H groups in total. The average molecular weight is 431 g/mol. The van der Waals surface area contributed by atoms with E-state index in [2.05, 4.69) is 11.9 Å². The lowest BCUT2D eigenvalue weighted by Crippen LogP contribution is -2.28. The van der Waals surface area contributed by atoms with Crippen molar-refractivity contribution in [1.29, 1.82) is 0 Å². The number of hydrogen-bond donors (Lipinski definition) is 1. The highest BCUT2D eigenvalue weighted by molar-refractivity contribution is 7.16. The topological polar surface area (TPSA) is 71.7 Å². The number of halogens is 1. The standard InChI is InChI=1S/C22H23ClN2O3S/c1-2-3-4-5-12-18(21(27)28)25-17-11-6-7-13-19(17)29-22(25)24-20(26)15-9-8-10-16(23)14-15/h6-11,13-14,18H,2-5,12H2,1H3,(H,27,28). The minimum absolute atomic E-state index is 0.372. The lowest BCUT2D eigenvalue weighted by Gasteiger charge is -2.15. The predicted octanol–water partition coefficient (Wildman–Crippen LogP) is 5.69. The van der Waals surface area contributed by atoms with Crippen LogP contribution in [0.4, 0.5) is 0 Å². The van der Waals surface area contributed by atoms with Crippen molar-refractivity contribution in [3.63, 3.8) is 0 Å². The molecule has 0 saturated heterocycles. The lowest BCUT2D eigenvalue weighted by atomic mass is 10.1. The number of fused-ring (bicyclic) bond motifs is 1. The van der Waals surface area contributed by atoms with Gasteiger partial charge in [0.1, 0.15) is 6.04 Å². The molecule has 0 spiro atoms. The molecule has 5 nitrogen and oxygen atoms in total.